The van der Waals surface area contributed by atoms with Crippen molar-refractivity contribution in [3.05, 3.63) is 17.7 Å². The van der Waals surface area contributed by atoms with Gasteiger partial charge in [0, 0.05) is 19.4 Å². The highest BCUT2D eigenvalue weighted by molar-refractivity contribution is 7.86. The van der Waals surface area contributed by atoms with E-state index in [4.69, 9.17) is 4.55 Å². The molecule has 3 N–H and O–H groups in total. The minimum atomic E-state index is -4.82. The maximum Gasteiger partial charge on any atom is 0.295 e. The van der Waals surface area contributed by atoms with Crippen molar-refractivity contribution >= 4 is 41.8 Å². The maximum atomic E-state index is 11.9. The van der Waals surface area contributed by atoms with Crippen LogP contribution in [0, 0.1) is 0 Å². The van der Waals surface area contributed by atoms with E-state index in [0.29, 0.717) is 11.8 Å². The minimum Gasteiger partial charge on any atom is -0.286 e. The molecule has 1 aromatic carbocycles. The van der Waals surface area contributed by atoms with Gasteiger partial charge in [-0.05, 0) is 19.9 Å². The van der Waals surface area contributed by atoms with Gasteiger partial charge in [-0.15, -0.1) is 0 Å². The van der Waals surface area contributed by atoms with E-state index < -0.39 is 51.3 Å². The second kappa shape index (κ2) is 6.60. The van der Waals surface area contributed by atoms with Crippen LogP contribution in [0.2, 0.25) is 0 Å². The summed E-state index contributed by atoms with van der Waals surface area (Å²) in [7, 11) is -13.8. The summed E-state index contributed by atoms with van der Waals surface area (Å²) in [6, 6.07) is 1.74. The number of benzene rings is 1. The van der Waals surface area contributed by atoms with Gasteiger partial charge in [0.15, 0.2) is 5.71 Å². The Balaban J connectivity index is 2.76. The van der Waals surface area contributed by atoms with E-state index in [2.05, 4.69) is 0 Å². The lowest BCUT2D eigenvalue weighted by Gasteiger charge is -2.17. The summed E-state index contributed by atoms with van der Waals surface area (Å²) in [6.07, 6.45) is -0.0248. The number of hydrogen-bond acceptors (Lipinski definition) is 6. The van der Waals surface area contributed by atoms with Gasteiger partial charge in [0.1, 0.15) is 16.3 Å². The summed E-state index contributed by atoms with van der Waals surface area (Å²) >= 11 is 0. The predicted octanol–water partition coefficient (Wildman–Crippen LogP) is 0.854. The Kier molecular flexibility index (Phi) is 5.36. The normalized spacial score (nSPS) is 17.3. The first-order valence-electron chi connectivity index (χ1n) is 7.66. The van der Waals surface area contributed by atoms with Crippen LogP contribution in [0.5, 0.6) is 0 Å². The summed E-state index contributed by atoms with van der Waals surface area (Å²) in [5.41, 5.74) is -0.126. The molecule has 0 fully saturated rings. The fourth-order valence-electron chi connectivity index (χ4n) is 3.16. The van der Waals surface area contributed by atoms with Crippen LogP contribution >= 0.6 is 0 Å². The lowest BCUT2D eigenvalue weighted by Crippen LogP contribution is -2.28. The third kappa shape index (κ3) is 4.38. The van der Waals surface area contributed by atoms with E-state index >= 15 is 0 Å². The molecule has 0 saturated heterocycles. The standard InChI is InChI=1S/C14H19NO9S3/c1-9-14(2,3)13-11(15(9)5-4-6-25(16,17)18)7-10(26(19,20)21)8-12(13)27(22,23)24/h7-8H,4-6H2,1-3H3,(H2-,16,17,18,19,20,21,22,23,24)/p+1. The van der Waals surface area contributed by atoms with Crippen molar-refractivity contribution in [1.29, 1.82) is 0 Å². The maximum absolute atomic E-state index is 11.9. The smallest absolute Gasteiger partial charge is 0.286 e. The zero-order valence-corrected chi connectivity index (χ0v) is 17.2. The average Bonchev–Trinajstić information content (AvgIpc) is 2.64. The molecule has 0 unspecified atom stereocenters. The quantitative estimate of drug-likeness (QED) is 0.427. The van der Waals surface area contributed by atoms with Crippen LogP contribution in [-0.2, 0) is 35.8 Å². The Bertz CT molecular complexity index is 1140. The summed E-state index contributed by atoms with van der Waals surface area (Å²) in [5, 5.41) is 0. The SMILES string of the molecule is CC1=[N+](CCCS(=O)(=O)O)c2cc(S(=O)(=O)O)cc(S(=O)(=O)O)c2C1(C)C. The lowest BCUT2D eigenvalue weighted by atomic mass is 9.82. The number of rotatable bonds is 6. The molecule has 0 spiro atoms. The molecular formula is C14H20NO9S3+. The van der Waals surface area contributed by atoms with Crippen molar-refractivity contribution in [2.75, 3.05) is 12.3 Å². The topological polar surface area (TPSA) is 166 Å². The van der Waals surface area contributed by atoms with Crippen molar-refractivity contribution in [3.63, 3.8) is 0 Å². The monoisotopic (exact) mass is 442 g/mol. The predicted molar refractivity (Wildman–Crippen MR) is 95.6 cm³/mol. The van der Waals surface area contributed by atoms with Crippen molar-refractivity contribution < 1.29 is 43.5 Å². The molecule has 1 aliphatic heterocycles. The van der Waals surface area contributed by atoms with E-state index in [1.165, 1.54) is 4.58 Å². The van der Waals surface area contributed by atoms with Gasteiger partial charge in [0.2, 0.25) is 5.69 Å². The lowest BCUT2D eigenvalue weighted by molar-refractivity contribution is -0.439. The molecule has 152 valence electrons. The first-order chi connectivity index (χ1) is 12.0. The largest absolute Gasteiger partial charge is 0.295 e. The van der Waals surface area contributed by atoms with E-state index in [1.54, 1.807) is 20.8 Å². The first-order valence-corrected chi connectivity index (χ1v) is 12.2. The van der Waals surface area contributed by atoms with Crippen LogP contribution in [0.4, 0.5) is 5.69 Å². The van der Waals surface area contributed by atoms with Gasteiger partial charge >= 0.3 is 0 Å². The summed E-state index contributed by atoms with van der Waals surface area (Å²) in [5.74, 6) is -0.546. The van der Waals surface area contributed by atoms with Gasteiger partial charge in [0.25, 0.3) is 30.4 Å². The van der Waals surface area contributed by atoms with E-state index in [1.807, 2.05) is 0 Å². The van der Waals surface area contributed by atoms with E-state index in [0.717, 1.165) is 6.07 Å². The highest BCUT2D eigenvalue weighted by Gasteiger charge is 2.47. The molecule has 27 heavy (non-hydrogen) atoms. The molecule has 2 rings (SSSR count). The Labute approximate surface area is 157 Å². The molecule has 0 saturated carbocycles. The molecule has 1 aromatic rings. The fourth-order valence-corrected chi connectivity index (χ4v) is 5.15. The van der Waals surface area contributed by atoms with Gasteiger partial charge in [-0.2, -0.15) is 29.8 Å². The molecule has 10 nitrogen and oxygen atoms in total. The van der Waals surface area contributed by atoms with Crippen LogP contribution < -0.4 is 0 Å². The highest BCUT2D eigenvalue weighted by atomic mass is 32.2. The number of fused-ring (bicyclic) bond motifs is 1. The first kappa shape index (κ1) is 21.9. The molecule has 0 radical (unpaired) electrons. The van der Waals surface area contributed by atoms with E-state index in [-0.39, 0.29) is 24.2 Å². The zero-order chi connectivity index (χ0) is 21.0. The van der Waals surface area contributed by atoms with Crippen LogP contribution in [0.3, 0.4) is 0 Å². The van der Waals surface area contributed by atoms with Gasteiger partial charge in [0.05, 0.1) is 16.7 Å². The third-order valence-electron chi connectivity index (χ3n) is 4.64. The second-order valence-corrected chi connectivity index (χ2v) is 11.2. The molecule has 0 amide bonds. The molecular weight excluding hydrogens is 422 g/mol. The molecule has 0 aromatic heterocycles. The Morgan fingerprint density at radius 2 is 1.52 bits per heavy atom. The Morgan fingerprint density at radius 3 is 1.96 bits per heavy atom. The third-order valence-corrected chi connectivity index (χ3v) is 7.15. The molecule has 0 bridgehead atoms. The fraction of sp³-hybridized carbons (Fsp3) is 0.500. The highest BCUT2D eigenvalue weighted by Crippen LogP contribution is 2.44. The van der Waals surface area contributed by atoms with Crippen LogP contribution in [0.15, 0.2) is 21.9 Å². The second-order valence-electron chi connectivity index (χ2n) is 6.77. The Hall–Kier alpha value is -1.38. The van der Waals surface area contributed by atoms with Gasteiger partial charge in [-0.25, -0.2) is 0 Å². The van der Waals surface area contributed by atoms with Crippen molar-refractivity contribution in [3.8, 4) is 0 Å². The van der Waals surface area contributed by atoms with Gasteiger partial charge in [-0.1, -0.05) is 0 Å². The van der Waals surface area contributed by atoms with Crippen LogP contribution in [0.25, 0.3) is 0 Å². The molecule has 0 aliphatic carbocycles. The van der Waals surface area contributed by atoms with Crippen LogP contribution in [-0.4, -0.2) is 61.5 Å². The number of nitrogens with zero attached hydrogens (tertiary/aromatic N) is 1. The van der Waals surface area contributed by atoms with Crippen LogP contribution in [0.1, 0.15) is 32.8 Å². The van der Waals surface area contributed by atoms with Crippen molar-refractivity contribution in [1.82, 2.24) is 0 Å². The molecule has 1 heterocycles. The van der Waals surface area contributed by atoms with Crippen molar-refractivity contribution in [2.45, 2.75) is 42.4 Å². The van der Waals surface area contributed by atoms with Gasteiger partial charge in [-0.3, -0.25) is 13.7 Å². The average molecular weight is 443 g/mol. The summed E-state index contributed by atoms with van der Waals surface area (Å²) in [6.45, 7) is 4.99. The van der Waals surface area contributed by atoms with Crippen molar-refractivity contribution in [2.24, 2.45) is 0 Å². The Morgan fingerprint density at radius 1 is 0.963 bits per heavy atom. The molecule has 0 atom stereocenters. The number of hydrogen-bond donors (Lipinski definition) is 3. The molecule has 1 aliphatic rings. The summed E-state index contributed by atoms with van der Waals surface area (Å²) in [4.78, 5) is -1.38. The van der Waals surface area contributed by atoms with Gasteiger partial charge < -0.3 is 0 Å². The molecule has 13 heteroatoms. The summed E-state index contributed by atoms with van der Waals surface area (Å²) < 4.78 is 98.0. The zero-order valence-electron chi connectivity index (χ0n) is 14.7. The van der Waals surface area contributed by atoms with E-state index in [9.17, 15) is 34.4 Å². The minimum absolute atomic E-state index is 0.0248.